The van der Waals surface area contributed by atoms with Gasteiger partial charge in [0.05, 0.1) is 33.5 Å². The summed E-state index contributed by atoms with van der Waals surface area (Å²) in [6.45, 7) is 3.78. The highest BCUT2D eigenvalue weighted by Gasteiger charge is 2.57. The van der Waals surface area contributed by atoms with Crippen LogP contribution >= 0.6 is 11.8 Å². The third-order valence-electron chi connectivity index (χ3n) is 17.5. The van der Waals surface area contributed by atoms with Crippen molar-refractivity contribution in [3.05, 3.63) is 171 Å². The summed E-state index contributed by atoms with van der Waals surface area (Å²) >= 11 is 1.16. The number of hydrogen-bond acceptors (Lipinski definition) is 15. The predicted octanol–water partition coefficient (Wildman–Crippen LogP) is 15.2. The van der Waals surface area contributed by atoms with Gasteiger partial charge >= 0.3 is 0 Å². The van der Waals surface area contributed by atoms with Crippen LogP contribution in [0.4, 0.5) is 81.9 Å². The van der Waals surface area contributed by atoms with Gasteiger partial charge in [0.1, 0.15) is 70.3 Å². The molecule has 0 unspecified atom stereocenters. The maximum absolute atomic E-state index is 15.1. The average Bonchev–Trinajstić information content (AvgIpc) is 1.57. The van der Waals surface area contributed by atoms with Crippen molar-refractivity contribution in [1.82, 2.24) is 59.1 Å². The first-order valence-electron chi connectivity index (χ1n) is 32.8. The lowest BCUT2D eigenvalue weighted by Crippen LogP contribution is -2.33. The SMILES string of the molecule is C#CC(C)(C)O.CSc1ncc(-c2cccc3c(N)nn(C)c23)c([C@@H](CC(=O)Cn2nc(C(F)F)c3c2C(F)(F)CCC3(F)F)Cc2cc(F)cc(F)c2)n1.Cn1nc(N)c2cccc(-c3cnc(C#CC(C)(C)O)nc3[C@@H](CC(=O)Cn3nc(C(F)F)c4c3C(F)(F)CCC4(F)F)Cc3cc(F)cc(F)c3)c21. The third kappa shape index (κ3) is 17.6. The number of thioether (sulfide) groups is 1. The van der Waals surface area contributed by atoms with Crippen LogP contribution in [0.1, 0.15) is 153 Å². The summed E-state index contributed by atoms with van der Waals surface area (Å²) < 4.78 is 236. The van der Waals surface area contributed by atoms with E-state index in [9.17, 15) is 67.4 Å². The highest BCUT2D eigenvalue weighted by Crippen LogP contribution is 2.54. The number of fused-ring (bicyclic) bond motifs is 4. The molecule has 108 heavy (non-hydrogen) atoms. The Balaban J connectivity index is 0.000000215. The third-order valence-corrected chi connectivity index (χ3v) is 18.0. The smallest absolute Gasteiger partial charge is 0.290 e. The number of nitrogen functional groups attached to an aromatic ring is 2. The molecular formula is C73H66F16N14O4S. The Morgan fingerprint density at radius 2 is 0.944 bits per heavy atom. The van der Waals surface area contributed by atoms with E-state index in [0.29, 0.717) is 50.6 Å². The molecule has 2 atom stereocenters. The highest BCUT2D eigenvalue weighted by atomic mass is 32.2. The number of terminal acetylenes is 1. The number of carbonyl (C=O) groups excluding carboxylic acids is 2. The number of aromatic nitrogens is 12. The maximum Gasteiger partial charge on any atom is 0.290 e. The van der Waals surface area contributed by atoms with Gasteiger partial charge in [-0.05, 0) is 100 Å². The van der Waals surface area contributed by atoms with E-state index in [1.54, 1.807) is 70.6 Å². The van der Waals surface area contributed by atoms with Crippen LogP contribution in [-0.4, -0.2) is 98.3 Å². The molecule has 2 aliphatic rings. The van der Waals surface area contributed by atoms with Gasteiger partial charge in [0, 0.05) is 122 Å². The normalized spacial score (nSPS) is 15.5. The summed E-state index contributed by atoms with van der Waals surface area (Å²) in [6.07, 6.45) is -5.03. The van der Waals surface area contributed by atoms with Gasteiger partial charge in [-0.2, -0.15) is 38.0 Å². The molecule has 0 saturated heterocycles. The van der Waals surface area contributed by atoms with Crippen LogP contribution in [0.15, 0.2) is 90.3 Å². The van der Waals surface area contributed by atoms with E-state index in [1.165, 1.54) is 35.6 Å². The van der Waals surface area contributed by atoms with Crippen LogP contribution in [0.3, 0.4) is 0 Å². The first-order chi connectivity index (χ1) is 50.4. The average molecular weight is 1540 g/mol. The van der Waals surface area contributed by atoms with Gasteiger partial charge < -0.3 is 21.7 Å². The quantitative estimate of drug-likeness (QED) is 0.0254. The molecule has 0 spiro atoms. The number of alkyl halides is 12. The van der Waals surface area contributed by atoms with Crippen molar-refractivity contribution in [1.29, 1.82) is 0 Å². The molecule has 0 aliphatic heterocycles. The molecule has 4 aromatic carbocycles. The minimum Gasteiger partial charge on any atom is -0.382 e. The van der Waals surface area contributed by atoms with Crippen LogP contribution in [0.5, 0.6) is 0 Å². The van der Waals surface area contributed by atoms with Gasteiger partial charge in [-0.1, -0.05) is 47.9 Å². The molecule has 6 N–H and O–H groups in total. The van der Waals surface area contributed by atoms with Crippen molar-refractivity contribution in [2.24, 2.45) is 14.1 Å². The number of halogens is 16. The number of nitrogens with zero attached hydrogens (tertiary/aromatic N) is 12. The zero-order valence-corrected chi connectivity index (χ0v) is 59.0. The number of para-hydroxylation sites is 2. The first-order valence-corrected chi connectivity index (χ1v) is 34.0. The number of anilines is 2. The number of aliphatic hydroxyl groups is 2. The standard InChI is InChI=1S/C36H31F8N7O2.C32H27F8N7OS.C5H8O/c1-34(2,53)8-7-26-46-16-25(23-5-4-6-24-30(23)50(3)49-33(24)45)28(47-26)19(11-18-12-20(37)15-21(38)13-18)14-22(52)17-51-31-27(29(48-51)32(39)40)35(41,42)9-10-36(31,43)44;1-46-26-20(4-3-5-21(26)29(41)45-46)22-13-42-30(49-2)43-24(22)16(8-15-9-17(33)12-18(34)10-15)11-19(48)14-47-27-23(25(44-47)28(35)36)31(37,38)6-7-32(27,39)40;1-4-5(2,3)6/h4-6,12-13,15-16,19,32,53H,9-11,14,17H2,1-3H3,(H2,45,49);3-5,9-10,12-13,16,28H,6-8,11,14H2,1-2H3,(H2,41,45);1,6H,2-3H3/t19-;16-;/m11./s1. The Morgan fingerprint density at radius 3 is 1.31 bits per heavy atom. The molecule has 0 saturated carbocycles. The summed E-state index contributed by atoms with van der Waals surface area (Å²) in [5.41, 5.74) is 3.89. The fourth-order valence-electron chi connectivity index (χ4n) is 13.0. The van der Waals surface area contributed by atoms with Crippen LogP contribution in [0.25, 0.3) is 44.1 Å². The molecule has 0 radical (unpaired) electrons. The molecular weight excluding hydrogens is 1470 g/mol. The summed E-state index contributed by atoms with van der Waals surface area (Å²) in [4.78, 5) is 45.5. The number of carbonyl (C=O) groups is 2. The molecule has 12 rings (SSSR count). The minimum absolute atomic E-state index is 0.0552. The number of rotatable bonds is 19. The molecule has 6 aromatic heterocycles. The van der Waals surface area contributed by atoms with E-state index in [0.717, 1.165) is 36.0 Å². The second kappa shape index (κ2) is 30.7. The zero-order chi connectivity index (χ0) is 79.2. The Hall–Kier alpha value is -10.4. The topological polar surface area (TPSA) is 249 Å². The molecule has 6 heterocycles. The Kier molecular flexibility index (Phi) is 22.8. The van der Waals surface area contributed by atoms with Gasteiger partial charge in [0.2, 0.25) is 5.82 Å². The van der Waals surface area contributed by atoms with Gasteiger partial charge in [-0.15, -0.1) is 6.42 Å². The lowest BCUT2D eigenvalue weighted by molar-refractivity contribution is -0.122. The fraction of sp³-hybridized carbons (Fsp3) is 0.370. The number of benzene rings is 4. The lowest BCUT2D eigenvalue weighted by atomic mass is 9.86. The highest BCUT2D eigenvalue weighted by molar-refractivity contribution is 7.98. The first kappa shape index (κ1) is 80.2. The van der Waals surface area contributed by atoms with E-state index >= 15 is 17.6 Å². The van der Waals surface area contributed by atoms with Crippen molar-refractivity contribution in [3.8, 4) is 46.4 Å². The van der Waals surface area contributed by atoms with Crippen molar-refractivity contribution in [3.63, 3.8) is 0 Å². The monoisotopic (exact) mass is 1540 g/mol. The van der Waals surface area contributed by atoms with Gasteiger partial charge in [0.25, 0.3) is 36.5 Å². The molecule has 35 heteroatoms. The summed E-state index contributed by atoms with van der Waals surface area (Å²) in [5, 5.41) is 35.5. The number of Topliss-reactive ketones (excluding diaryl/α,β-unsaturated/α-hetero) is 2. The molecule has 0 amide bonds. The molecule has 0 bridgehead atoms. The minimum atomic E-state index is -4.05. The Labute approximate surface area is 609 Å². The van der Waals surface area contributed by atoms with E-state index in [-0.39, 0.29) is 72.9 Å². The van der Waals surface area contributed by atoms with Crippen molar-refractivity contribution in [2.45, 2.75) is 157 Å². The van der Waals surface area contributed by atoms with Crippen LogP contribution in [-0.2, 0) is 73.3 Å². The number of aryl methyl sites for hydroxylation is 2. The van der Waals surface area contributed by atoms with Crippen molar-refractivity contribution >= 4 is 56.8 Å². The van der Waals surface area contributed by atoms with E-state index in [2.05, 4.69) is 58.1 Å². The lowest BCUT2D eigenvalue weighted by Gasteiger charge is -2.29. The van der Waals surface area contributed by atoms with E-state index in [1.807, 2.05) is 0 Å². The summed E-state index contributed by atoms with van der Waals surface area (Å²) in [5.74, 6) is -16.0. The largest absolute Gasteiger partial charge is 0.382 e. The van der Waals surface area contributed by atoms with Gasteiger partial charge in [-0.3, -0.25) is 28.3 Å². The number of nitrogens with two attached hydrogens (primary N) is 2. The zero-order valence-electron chi connectivity index (χ0n) is 58.2. The number of hydrogen-bond donors (Lipinski definition) is 4. The van der Waals surface area contributed by atoms with E-state index in [4.69, 9.17) is 23.0 Å². The van der Waals surface area contributed by atoms with Crippen LogP contribution in [0.2, 0.25) is 0 Å². The fourth-order valence-corrected chi connectivity index (χ4v) is 13.3. The molecule has 10 aromatic rings. The summed E-state index contributed by atoms with van der Waals surface area (Å²) in [7, 11) is 3.29. The van der Waals surface area contributed by atoms with Crippen LogP contribution < -0.4 is 11.5 Å². The van der Waals surface area contributed by atoms with Crippen molar-refractivity contribution < 1.29 is 90.0 Å². The molecule has 18 nitrogen and oxygen atoms in total. The maximum atomic E-state index is 15.1. The summed E-state index contributed by atoms with van der Waals surface area (Å²) in [6, 6.07) is 15.7. The second-order valence-corrected chi connectivity index (χ2v) is 27.7. The molecule has 570 valence electrons. The van der Waals surface area contributed by atoms with Gasteiger partial charge in [-0.25, -0.2) is 72.6 Å². The molecule has 2 aliphatic carbocycles. The van der Waals surface area contributed by atoms with E-state index < -0.39 is 180 Å². The Morgan fingerprint density at radius 1 is 0.565 bits per heavy atom. The van der Waals surface area contributed by atoms with Gasteiger partial charge in [0.15, 0.2) is 28.4 Å². The number of ketones is 2. The van der Waals surface area contributed by atoms with Crippen molar-refractivity contribution in [2.75, 3.05) is 17.7 Å². The second-order valence-electron chi connectivity index (χ2n) is 26.9. The predicted molar refractivity (Wildman–Crippen MR) is 366 cm³/mol. The molecule has 0 fully saturated rings. The van der Waals surface area contributed by atoms with Crippen LogP contribution in [0, 0.1) is 47.5 Å². The Bertz CT molecular complexity index is 5180.